The highest BCUT2D eigenvalue weighted by Gasteiger charge is 2.51. The van der Waals surface area contributed by atoms with Gasteiger partial charge in [0.25, 0.3) is 0 Å². The average molecular weight is 964 g/mol. The Balaban J connectivity index is 1.22. The number of urea groups is 1. The van der Waals surface area contributed by atoms with Gasteiger partial charge in [-0.05, 0) is 100 Å². The SMILES string of the molecule is CC(/C=C/[C@@H]1C[C@]2(CO2)C[C@@H](CNC(=O)OCc2ccc(NC(=O)[C@H](CCCNC(N)=O)CC(=O)[C@@H](NC(=O)CCCCCN)C(C)C)cc2)O1)=C\C[C@@H]1O[C@H](C)[C@H](NC(=O)/C=C\C(C)C)C[C@@H]1C. The number of benzene rings is 1. The maximum atomic E-state index is 13.6. The topological polar surface area (TPSA) is 255 Å². The predicted octanol–water partition coefficient (Wildman–Crippen LogP) is 6.25. The smallest absolute Gasteiger partial charge is 0.407 e. The van der Waals surface area contributed by atoms with Crippen LogP contribution in [0, 0.1) is 23.7 Å². The van der Waals surface area contributed by atoms with Gasteiger partial charge >= 0.3 is 12.1 Å². The number of epoxide rings is 1. The number of ketones is 1. The summed E-state index contributed by atoms with van der Waals surface area (Å²) in [5, 5.41) is 14.2. The third-order valence-electron chi connectivity index (χ3n) is 12.9. The molecule has 69 heavy (non-hydrogen) atoms. The molecule has 1 aromatic carbocycles. The van der Waals surface area contributed by atoms with Crippen LogP contribution in [0.5, 0.6) is 0 Å². The molecule has 6 amide bonds. The van der Waals surface area contributed by atoms with Crippen molar-refractivity contribution in [2.45, 2.75) is 168 Å². The molecule has 3 saturated heterocycles. The van der Waals surface area contributed by atoms with Gasteiger partial charge in [-0.3, -0.25) is 19.2 Å². The van der Waals surface area contributed by atoms with Crippen LogP contribution in [0.15, 0.2) is 60.2 Å². The lowest BCUT2D eigenvalue weighted by Gasteiger charge is -2.39. The first-order valence-corrected chi connectivity index (χ1v) is 25.0. The number of anilines is 1. The average Bonchev–Trinajstić information content (AvgIpc) is 4.05. The van der Waals surface area contributed by atoms with Crippen molar-refractivity contribution in [1.29, 1.82) is 0 Å². The van der Waals surface area contributed by atoms with Gasteiger partial charge in [0.05, 0.1) is 48.7 Å². The van der Waals surface area contributed by atoms with Gasteiger partial charge in [-0.1, -0.05) is 83.0 Å². The minimum Gasteiger partial charge on any atom is -0.445 e. The van der Waals surface area contributed by atoms with E-state index in [1.807, 2.05) is 40.7 Å². The van der Waals surface area contributed by atoms with Crippen molar-refractivity contribution in [2.75, 3.05) is 31.6 Å². The Morgan fingerprint density at radius 1 is 0.942 bits per heavy atom. The van der Waals surface area contributed by atoms with Gasteiger partial charge in [0.1, 0.15) is 6.61 Å². The quantitative estimate of drug-likeness (QED) is 0.0224. The van der Waals surface area contributed by atoms with E-state index in [2.05, 4.69) is 58.7 Å². The van der Waals surface area contributed by atoms with E-state index >= 15 is 0 Å². The van der Waals surface area contributed by atoms with Crippen molar-refractivity contribution >= 4 is 41.3 Å². The van der Waals surface area contributed by atoms with Gasteiger partial charge in [-0.2, -0.15) is 0 Å². The summed E-state index contributed by atoms with van der Waals surface area (Å²) in [4.78, 5) is 76.2. The van der Waals surface area contributed by atoms with Crippen molar-refractivity contribution in [3.63, 3.8) is 0 Å². The van der Waals surface area contributed by atoms with Crippen molar-refractivity contribution in [1.82, 2.24) is 21.3 Å². The highest BCUT2D eigenvalue weighted by Crippen LogP contribution is 2.42. The van der Waals surface area contributed by atoms with Gasteiger partial charge in [-0.25, -0.2) is 9.59 Å². The van der Waals surface area contributed by atoms with Crippen LogP contribution in [0.1, 0.15) is 125 Å². The first-order valence-electron chi connectivity index (χ1n) is 25.0. The molecule has 0 saturated carbocycles. The molecule has 0 bridgehead atoms. The molecule has 0 radical (unpaired) electrons. The lowest BCUT2D eigenvalue weighted by atomic mass is 9.88. The molecule has 17 heteroatoms. The molecule has 9 N–H and O–H groups in total. The number of hydrogen-bond acceptors (Lipinski definition) is 11. The van der Waals surface area contributed by atoms with Gasteiger partial charge < -0.3 is 57.0 Å². The van der Waals surface area contributed by atoms with Gasteiger partial charge in [0.15, 0.2) is 5.78 Å². The zero-order valence-corrected chi connectivity index (χ0v) is 42.0. The lowest BCUT2D eigenvalue weighted by molar-refractivity contribution is -0.131. The van der Waals surface area contributed by atoms with Crippen molar-refractivity contribution in [3.8, 4) is 0 Å². The molecule has 0 unspecified atom stereocenters. The summed E-state index contributed by atoms with van der Waals surface area (Å²) in [6.07, 6.45) is 14.9. The number of unbranched alkanes of at least 4 members (excludes halogenated alkanes) is 2. The van der Waals surface area contributed by atoms with Gasteiger partial charge in [0.2, 0.25) is 17.7 Å². The number of Topliss-reactive ketones (excluding diaryl/α,β-unsaturated/α-hetero) is 1. The fourth-order valence-corrected chi connectivity index (χ4v) is 8.69. The fraction of sp³-hybridized carbons (Fsp3) is 0.654. The normalized spacial score (nSPS) is 24.5. The molecule has 1 aromatic rings. The summed E-state index contributed by atoms with van der Waals surface area (Å²) in [5.41, 5.74) is 12.8. The number of amides is 6. The molecule has 3 aliphatic rings. The van der Waals surface area contributed by atoms with Crippen LogP contribution in [-0.2, 0) is 44.7 Å². The first-order chi connectivity index (χ1) is 32.8. The number of nitrogens with two attached hydrogens (primary N) is 2. The molecule has 3 aliphatic heterocycles. The highest BCUT2D eigenvalue weighted by molar-refractivity contribution is 5.97. The van der Waals surface area contributed by atoms with Crippen molar-refractivity contribution in [3.05, 3.63) is 65.8 Å². The number of alkyl carbamates (subject to hydrolysis) is 1. The number of carbonyl (C=O) groups excluding carboxylic acids is 6. The summed E-state index contributed by atoms with van der Waals surface area (Å²) in [6.45, 7) is 15.7. The minimum atomic E-state index is -0.753. The maximum Gasteiger partial charge on any atom is 0.407 e. The molecule has 0 aliphatic carbocycles. The maximum absolute atomic E-state index is 13.6. The van der Waals surface area contributed by atoms with Crippen LogP contribution in [0.2, 0.25) is 0 Å². The largest absolute Gasteiger partial charge is 0.445 e. The standard InChI is InChI=1S/C52H81N7O10/c1-33(2)14-23-47(62)58-43-26-36(6)45(68-37(43)7)22-16-35(5)15-21-41-28-52(32-67-52)29-42(69-41)30-56-51(65)66-31-38-17-19-40(20-18-38)57-49(63)39(12-11-25-55-50(54)64)27-44(60)48(34(3)4)59-46(61)13-9-8-10-24-53/h14-21,23,33-34,36-37,39,41-43,45,48H,8-13,22,24-32,53H2,1-7H3,(H,56,65)(H,57,63)(H,58,62)(H,59,61)(H3,54,55,64)/b21-15+,23-14-,35-16+/t36-,37+,39+,41+,42-,43+,45-,48-,52+/m0/s1. The number of nitrogens with one attached hydrogen (secondary N) is 5. The summed E-state index contributed by atoms with van der Waals surface area (Å²) < 4.78 is 24.1. The van der Waals surface area contributed by atoms with E-state index in [-0.39, 0.29) is 104 Å². The summed E-state index contributed by atoms with van der Waals surface area (Å²) >= 11 is 0. The summed E-state index contributed by atoms with van der Waals surface area (Å²) in [5.74, 6) is -1.27. The minimum absolute atomic E-state index is 0.00824. The van der Waals surface area contributed by atoms with Crippen molar-refractivity contribution < 1.29 is 47.7 Å². The number of ether oxygens (including phenoxy) is 4. The van der Waals surface area contributed by atoms with E-state index in [0.717, 1.165) is 37.7 Å². The monoisotopic (exact) mass is 964 g/mol. The molecule has 4 rings (SSSR count). The molecule has 3 fully saturated rings. The number of primary amides is 1. The first kappa shape index (κ1) is 56.5. The number of rotatable bonds is 27. The Kier molecular flexibility index (Phi) is 23.4. The second-order valence-corrected chi connectivity index (χ2v) is 19.9. The van der Waals surface area contributed by atoms with E-state index in [4.69, 9.17) is 30.4 Å². The number of allylic oxidation sites excluding steroid dienone is 3. The Morgan fingerprint density at radius 3 is 2.35 bits per heavy atom. The Morgan fingerprint density at radius 2 is 1.68 bits per heavy atom. The molecular formula is C52H81N7O10. The zero-order chi connectivity index (χ0) is 50.5. The summed E-state index contributed by atoms with van der Waals surface area (Å²) in [7, 11) is 0. The lowest BCUT2D eigenvalue weighted by Crippen LogP contribution is -2.50. The molecule has 384 valence electrons. The fourth-order valence-electron chi connectivity index (χ4n) is 8.69. The van der Waals surface area contributed by atoms with Gasteiger partial charge in [0, 0.05) is 50.4 Å². The molecule has 3 heterocycles. The van der Waals surface area contributed by atoms with Crippen molar-refractivity contribution in [2.24, 2.45) is 35.1 Å². The Bertz CT molecular complexity index is 1930. The zero-order valence-electron chi connectivity index (χ0n) is 42.0. The Labute approximate surface area is 409 Å². The van der Waals surface area contributed by atoms with E-state index < -0.39 is 24.1 Å². The van der Waals surface area contributed by atoms with E-state index in [1.165, 1.54) is 0 Å². The highest BCUT2D eigenvalue weighted by atomic mass is 16.6. The summed E-state index contributed by atoms with van der Waals surface area (Å²) in [6, 6.07) is 5.38. The predicted molar refractivity (Wildman–Crippen MR) is 266 cm³/mol. The van der Waals surface area contributed by atoms with Crippen LogP contribution in [0.25, 0.3) is 0 Å². The van der Waals surface area contributed by atoms with Gasteiger partial charge in [-0.15, -0.1) is 0 Å². The van der Waals surface area contributed by atoms with E-state index in [9.17, 15) is 28.8 Å². The second-order valence-electron chi connectivity index (χ2n) is 19.9. The van der Waals surface area contributed by atoms with Crippen LogP contribution < -0.4 is 38.1 Å². The van der Waals surface area contributed by atoms with Crippen LogP contribution in [0.3, 0.4) is 0 Å². The van der Waals surface area contributed by atoms with E-state index in [1.54, 1.807) is 30.3 Å². The second kappa shape index (κ2) is 28.5. The van der Waals surface area contributed by atoms with Crippen LogP contribution >= 0.6 is 0 Å². The molecule has 9 atom stereocenters. The molecule has 1 spiro atoms. The van der Waals surface area contributed by atoms with Crippen LogP contribution in [0.4, 0.5) is 15.3 Å². The Hall–Kier alpha value is -5.10. The molecule has 17 nitrogen and oxygen atoms in total. The number of carbonyl (C=O) groups is 6. The van der Waals surface area contributed by atoms with E-state index in [0.29, 0.717) is 56.0 Å². The number of hydrogen-bond donors (Lipinski definition) is 7. The molecular weight excluding hydrogens is 883 g/mol. The van der Waals surface area contributed by atoms with Crippen LogP contribution in [-0.4, -0.2) is 104 Å². The third-order valence-corrected chi connectivity index (χ3v) is 12.9. The molecule has 0 aromatic heterocycles. The third kappa shape index (κ3) is 20.8.